The first-order valence-electron chi connectivity index (χ1n) is 6.62. The van der Waals surface area contributed by atoms with Crippen LogP contribution in [-0.4, -0.2) is 16.7 Å². The highest BCUT2D eigenvalue weighted by Gasteiger charge is 2.37. The Kier molecular flexibility index (Phi) is 4.45. The molecule has 2 rings (SSSR count). The van der Waals surface area contributed by atoms with Crippen molar-refractivity contribution in [3.8, 4) is 0 Å². The van der Waals surface area contributed by atoms with Crippen LogP contribution in [0.2, 0.25) is 10.0 Å². The molecular formula is C16H16Cl2O3. The maximum absolute atomic E-state index is 12.1. The lowest BCUT2D eigenvalue weighted by molar-refractivity contribution is -0.127. The van der Waals surface area contributed by atoms with Gasteiger partial charge in [-0.05, 0) is 23.1 Å². The third-order valence-corrected chi connectivity index (χ3v) is 4.08. The third kappa shape index (κ3) is 3.66. The number of hydrogen-bond donors (Lipinski definition) is 1. The van der Waals surface area contributed by atoms with Crippen LogP contribution in [-0.2, 0) is 16.0 Å². The van der Waals surface area contributed by atoms with Crippen LogP contribution in [0, 0.1) is 5.41 Å². The van der Waals surface area contributed by atoms with Crippen molar-refractivity contribution in [2.24, 2.45) is 5.41 Å². The van der Waals surface area contributed by atoms with Gasteiger partial charge in [-0.2, -0.15) is 0 Å². The number of allylic oxidation sites excluding steroid dienone is 2. The number of halogens is 2. The number of rotatable bonds is 2. The van der Waals surface area contributed by atoms with Crippen LogP contribution >= 0.6 is 23.2 Å². The standard InChI is InChI=1S/C16H16Cl2O3/c1-16(2)7-13(20)15(14(21)8-16)12(19)5-9-3-4-10(17)6-11(9)18/h3-4,6,19H,5,7-8H2,1-2H3. The molecule has 0 saturated heterocycles. The van der Waals surface area contributed by atoms with Gasteiger partial charge in [0.25, 0.3) is 0 Å². The molecule has 1 N–H and O–H groups in total. The Hall–Kier alpha value is -1.32. The molecule has 1 aliphatic carbocycles. The van der Waals surface area contributed by atoms with Crippen molar-refractivity contribution in [1.29, 1.82) is 0 Å². The minimum absolute atomic E-state index is 0.0449. The molecule has 1 aliphatic rings. The summed E-state index contributed by atoms with van der Waals surface area (Å²) in [5.41, 5.74) is 0.187. The molecule has 0 unspecified atom stereocenters. The number of hydrogen-bond acceptors (Lipinski definition) is 3. The first-order valence-corrected chi connectivity index (χ1v) is 7.38. The van der Waals surface area contributed by atoms with Crippen LogP contribution < -0.4 is 0 Å². The Morgan fingerprint density at radius 3 is 2.29 bits per heavy atom. The molecule has 5 heteroatoms. The minimum Gasteiger partial charge on any atom is -0.511 e. The molecule has 0 atom stereocenters. The topological polar surface area (TPSA) is 54.4 Å². The van der Waals surface area contributed by atoms with Gasteiger partial charge in [0.1, 0.15) is 5.76 Å². The van der Waals surface area contributed by atoms with Crippen molar-refractivity contribution >= 4 is 34.8 Å². The van der Waals surface area contributed by atoms with Gasteiger partial charge < -0.3 is 5.11 Å². The fraction of sp³-hybridized carbons (Fsp3) is 0.375. The fourth-order valence-corrected chi connectivity index (χ4v) is 3.00. The molecule has 1 aromatic rings. The zero-order valence-corrected chi connectivity index (χ0v) is 13.4. The lowest BCUT2D eigenvalue weighted by atomic mass is 9.73. The van der Waals surface area contributed by atoms with E-state index in [9.17, 15) is 14.7 Å². The molecule has 112 valence electrons. The summed E-state index contributed by atoms with van der Waals surface area (Å²) in [7, 11) is 0. The van der Waals surface area contributed by atoms with Crippen LogP contribution in [0.1, 0.15) is 32.3 Å². The van der Waals surface area contributed by atoms with Gasteiger partial charge in [-0.1, -0.05) is 43.1 Å². The normalized spacial score (nSPS) is 18.0. The summed E-state index contributed by atoms with van der Waals surface area (Å²) in [6, 6.07) is 4.88. The molecule has 3 nitrogen and oxygen atoms in total. The van der Waals surface area contributed by atoms with Crippen molar-refractivity contribution in [1.82, 2.24) is 0 Å². The largest absolute Gasteiger partial charge is 0.511 e. The van der Waals surface area contributed by atoms with E-state index < -0.39 is 0 Å². The highest BCUT2D eigenvalue weighted by Crippen LogP contribution is 2.35. The number of aliphatic hydroxyl groups excluding tert-OH is 1. The predicted molar refractivity (Wildman–Crippen MR) is 82.8 cm³/mol. The second kappa shape index (κ2) is 5.82. The Morgan fingerprint density at radius 1 is 1.19 bits per heavy atom. The first-order chi connectivity index (χ1) is 9.69. The average Bonchev–Trinajstić information content (AvgIpc) is 2.30. The Labute approximate surface area is 133 Å². The van der Waals surface area contributed by atoms with Gasteiger partial charge in [0, 0.05) is 29.3 Å². The summed E-state index contributed by atoms with van der Waals surface area (Å²) in [6.45, 7) is 3.74. The van der Waals surface area contributed by atoms with Crippen molar-refractivity contribution < 1.29 is 14.7 Å². The number of ketones is 2. The molecule has 0 amide bonds. The van der Waals surface area contributed by atoms with Crippen LogP contribution in [0.3, 0.4) is 0 Å². The number of carbonyl (C=O) groups is 2. The van der Waals surface area contributed by atoms with Crippen LogP contribution in [0.5, 0.6) is 0 Å². The van der Waals surface area contributed by atoms with Gasteiger partial charge in [-0.15, -0.1) is 0 Å². The molecule has 21 heavy (non-hydrogen) atoms. The summed E-state index contributed by atoms with van der Waals surface area (Å²) in [6.07, 6.45) is 0.558. The molecule has 0 aromatic heterocycles. The van der Waals surface area contributed by atoms with E-state index in [0.717, 1.165) is 0 Å². The lowest BCUT2D eigenvalue weighted by Gasteiger charge is -2.28. The van der Waals surface area contributed by atoms with Crippen molar-refractivity contribution in [3.05, 3.63) is 45.1 Å². The van der Waals surface area contributed by atoms with Crippen LogP contribution in [0.25, 0.3) is 0 Å². The number of aliphatic hydroxyl groups is 1. The first kappa shape index (κ1) is 16.1. The van der Waals surface area contributed by atoms with Gasteiger partial charge >= 0.3 is 0 Å². The number of carbonyl (C=O) groups excluding carboxylic acids is 2. The Morgan fingerprint density at radius 2 is 1.76 bits per heavy atom. The zero-order valence-electron chi connectivity index (χ0n) is 11.9. The molecule has 0 bridgehead atoms. The maximum Gasteiger partial charge on any atom is 0.170 e. The molecule has 0 heterocycles. The van der Waals surface area contributed by atoms with Gasteiger partial charge in [-0.25, -0.2) is 0 Å². The molecule has 0 radical (unpaired) electrons. The van der Waals surface area contributed by atoms with Gasteiger partial charge in [0.05, 0.1) is 5.57 Å². The van der Waals surface area contributed by atoms with Crippen molar-refractivity contribution in [2.75, 3.05) is 0 Å². The second-order valence-electron chi connectivity index (χ2n) is 6.10. The summed E-state index contributed by atoms with van der Waals surface area (Å²) in [4.78, 5) is 24.2. The van der Waals surface area contributed by atoms with Crippen molar-refractivity contribution in [2.45, 2.75) is 33.1 Å². The predicted octanol–water partition coefficient (Wildman–Crippen LogP) is 4.31. The lowest BCUT2D eigenvalue weighted by Crippen LogP contribution is -2.32. The van der Waals surface area contributed by atoms with E-state index in [4.69, 9.17) is 23.2 Å². The van der Waals surface area contributed by atoms with Gasteiger partial charge in [0.15, 0.2) is 11.6 Å². The van der Waals surface area contributed by atoms with E-state index in [1.54, 1.807) is 18.2 Å². The maximum atomic E-state index is 12.1. The van der Waals surface area contributed by atoms with Crippen LogP contribution in [0.15, 0.2) is 29.5 Å². The van der Waals surface area contributed by atoms with E-state index in [2.05, 4.69) is 0 Å². The van der Waals surface area contributed by atoms with E-state index in [1.165, 1.54) is 0 Å². The average molecular weight is 327 g/mol. The van der Waals surface area contributed by atoms with Gasteiger partial charge in [0.2, 0.25) is 0 Å². The smallest absolute Gasteiger partial charge is 0.170 e. The summed E-state index contributed by atoms with van der Waals surface area (Å²) < 4.78 is 0. The summed E-state index contributed by atoms with van der Waals surface area (Å²) in [5.74, 6) is -0.831. The monoisotopic (exact) mass is 326 g/mol. The van der Waals surface area contributed by atoms with Gasteiger partial charge in [-0.3, -0.25) is 9.59 Å². The third-order valence-electron chi connectivity index (χ3n) is 3.50. The molecule has 0 spiro atoms. The quantitative estimate of drug-likeness (QED) is 0.500. The summed E-state index contributed by atoms with van der Waals surface area (Å²) >= 11 is 11.9. The number of benzene rings is 1. The molecular weight excluding hydrogens is 311 g/mol. The van der Waals surface area contributed by atoms with E-state index >= 15 is 0 Å². The highest BCUT2D eigenvalue weighted by molar-refractivity contribution is 6.35. The second-order valence-corrected chi connectivity index (χ2v) is 6.94. The Balaban J connectivity index is 2.31. The Bertz CT molecular complexity index is 623. The highest BCUT2D eigenvalue weighted by atomic mass is 35.5. The SMILES string of the molecule is CC1(C)CC(=O)C(=C(O)Cc2ccc(Cl)cc2Cl)C(=O)C1. The summed E-state index contributed by atoms with van der Waals surface area (Å²) in [5, 5.41) is 11.1. The molecule has 0 aliphatic heterocycles. The molecule has 1 saturated carbocycles. The fourth-order valence-electron chi connectivity index (χ4n) is 2.52. The molecule has 1 aromatic carbocycles. The van der Waals surface area contributed by atoms with Crippen molar-refractivity contribution in [3.63, 3.8) is 0 Å². The van der Waals surface area contributed by atoms with E-state index in [1.807, 2.05) is 13.8 Å². The number of Topliss-reactive ketones (excluding diaryl/α,β-unsaturated/α-hetero) is 2. The van der Waals surface area contributed by atoms with Crippen LogP contribution in [0.4, 0.5) is 0 Å². The van der Waals surface area contributed by atoms with E-state index in [0.29, 0.717) is 15.6 Å². The zero-order chi connectivity index (χ0) is 15.8. The molecule has 1 fully saturated rings. The minimum atomic E-state index is -0.351. The van der Waals surface area contributed by atoms with E-state index in [-0.39, 0.29) is 47.6 Å².